The molecule has 1 saturated carbocycles. The summed E-state index contributed by atoms with van der Waals surface area (Å²) in [4.78, 5) is 30.1. The lowest BCUT2D eigenvalue weighted by Gasteiger charge is -2.45. The number of amides is 2. The molecule has 2 aliphatic heterocycles. The second kappa shape index (κ2) is 10.2. The molecule has 0 aromatic carbocycles. The zero-order valence-corrected chi connectivity index (χ0v) is 21.1. The maximum atomic E-state index is 13.5. The summed E-state index contributed by atoms with van der Waals surface area (Å²) in [6, 6.07) is 2.34. The largest absolute Gasteiger partial charge is 0.436 e. The molecule has 0 radical (unpaired) electrons. The molecule has 1 atom stereocenters. The van der Waals surface area contributed by atoms with Crippen LogP contribution in [0, 0.1) is 28.1 Å². The number of nitrogens with one attached hydrogen (secondary N) is 1. The van der Waals surface area contributed by atoms with Gasteiger partial charge in [0.05, 0.1) is 19.3 Å². The molecular weight excluding hydrogens is 420 g/mol. The number of hydrogen-bond acceptors (Lipinski definition) is 6. The van der Waals surface area contributed by atoms with Gasteiger partial charge >= 0.3 is 6.09 Å². The van der Waals surface area contributed by atoms with Gasteiger partial charge in [0.2, 0.25) is 0 Å². The number of piperidine rings is 1. The monoisotopic (exact) mass is 462 g/mol. The Labute approximate surface area is 198 Å². The molecular formula is C25H42N4O4. The van der Waals surface area contributed by atoms with Crippen molar-refractivity contribution in [3.8, 4) is 6.07 Å². The lowest BCUT2D eigenvalue weighted by atomic mass is 9.60. The first kappa shape index (κ1) is 25.8. The highest BCUT2D eigenvalue weighted by Gasteiger charge is 2.43. The molecule has 33 heavy (non-hydrogen) atoms. The number of hydrogen-bond donors (Lipinski definition) is 1. The van der Waals surface area contributed by atoms with Gasteiger partial charge in [-0.3, -0.25) is 4.79 Å². The average Bonchev–Trinajstić information content (AvgIpc) is 2.73. The maximum absolute atomic E-state index is 13.5. The number of carbonyl (C=O) groups excluding carboxylic acids is 2. The van der Waals surface area contributed by atoms with Crippen LogP contribution in [0.2, 0.25) is 0 Å². The van der Waals surface area contributed by atoms with Crippen LogP contribution in [0.15, 0.2) is 0 Å². The molecule has 1 aliphatic carbocycles. The Hall–Kier alpha value is -1.85. The second-order valence-electron chi connectivity index (χ2n) is 12.0. The van der Waals surface area contributed by atoms with Crippen LogP contribution in [0.5, 0.6) is 0 Å². The number of rotatable bonds is 5. The van der Waals surface area contributed by atoms with Gasteiger partial charge in [-0.2, -0.15) is 5.26 Å². The molecule has 0 aromatic rings. The summed E-state index contributed by atoms with van der Waals surface area (Å²) in [6.07, 6.45) is 3.36. The molecule has 2 heterocycles. The molecule has 2 amide bonds. The van der Waals surface area contributed by atoms with Crippen molar-refractivity contribution in [2.45, 2.75) is 77.9 Å². The Morgan fingerprint density at radius 2 is 1.67 bits per heavy atom. The fourth-order valence-corrected chi connectivity index (χ4v) is 6.28. The van der Waals surface area contributed by atoms with Crippen molar-refractivity contribution in [3.05, 3.63) is 0 Å². The predicted molar refractivity (Wildman–Crippen MR) is 125 cm³/mol. The molecule has 3 aliphatic rings. The van der Waals surface area contributed by atoms with Crippen molar-refractivity contribution in [2.75, 3.05) is 46.4 Å². The first-order chi connectivity index (χ1) is 15.4. The average molecular weight is 463 g/mol. The van der Waals surface area contributed by atoms with E-state index in [0.29, 0.717) is 45.6 Å². The fraction of sp³-hybridized carbons (Fsp3) is 0.880. The number of morpholine rings is 1. The molecule has 3 fully saturated rings. The Morgan fingerprint density at radius 3 is 2.21 bits per heavy atom. The molecule has 0 spiro atoms. The third kappa shape index (κ3) is 7.07. The molecule has 8 nitrogen and oxygen atoms in total. The summed E-state index contributed by atoms with van der Waals surface area (Å²) in [5.41, 5.74) is -0.564. The first-order valence-electron chi connectivity index (χ1n) is 12.4. The number of ether oxygens (including phenoxy) is 2. The summed E-state index contributed by atoms with van der Waals surface area (Å²) >= 11 is 0. The van der Waals surface area contributed by atoms with Crippen molar-refractivity contribution in [1.29, 1.82) is 5.26 Å². The van der Waals surface area contributed by atoms with Gasteiger partial charge in [-0.1, -0.05) is 27.7 Å². The van der Waals surface area contributed by atoms with E-state index >= 15 is 0 Å². The third-order valence-corrected chi connectivity index (χ3v) is 7.41. The van der Waals surface area contributed by atoms with E-state index in [1.165, 1.54) is 0 Å². The smallest absolute Gasteiger partial charge is 0.410 e. The SMILES string of the molecule is CN1CCC(C#N)(NC(=O)C(CC2CC(C)(C)CC(C)(C)C2)OC(=O)N2CCOCC2)CC1. The Balaban J connectivity index is 1.75. The zero-order chi connectivity index (χ0) is 24.3. The number of nitriles is 1. The zero-order valence-electron chi connectivity index (χ0n) is 21.1. The van der Waals surface area contributed by atoms with Crippen molar-refractivity contribution in [1.82, 2.24) is 15.1 Å². The molecule has 2 saturated heterocycles. The van der Waals surface area contributed by atoms with E-state index in [1.807, 2.05) is 7.05 Å². The van der Waals surface area contributed by atoms with Crippen molar-refractivity contribution in [3.63, 3.8) is 0 Å². The van der Waals surface area contributed by atoms with E-state index in [-0.39, 0.29) is 22.7 Å². The lowest BCUT2D eigenvalue weighted by Crippen LogP contribution is -2.57. The van der Waals surface area contributed by atoms with Crippen LogP contribution >= 0.6 is 0 Å². The third-order valence-electron chi connectivity index (χ3n) is 7.41. The van der Waals surface area contributed by atoms with E-state index < -0.39 is 17.7 Å². The number of carbonyl (C=O) groups is 2. The highest BCUT2D eigenvalue weighted by Crippen LogP contribution is 2.49. The lowest BCUT2D eigenvalue weighted by molar-refractivity contribution is -0.134. The Morgan fingerprint density at radius 1 is 1.09 bits per heavy atom. The summed E-state index contributed by atoms with van der Waals surface area (Å²) in [5.74, 6) is -0.0728. The van der Waals surface area contributed by atoms with Gasteiger partial charge in [0.15, 0.2) is 6.10 Å². The minimum absolute atomic E-state index is 0.170. The molecule has 186 valence electrons. The highest BCUT2D eigenvalue weighted by atomic mass is 16.6. The molecule has 1 unspecified atom stereocenters. The predicted octanol–water partition coefficient (Wildman–Crippen LogP) is 3.17. The topological polar surface area (TPSA) is 94.9 Å². The van der Waals surface area contributed by atoms with Gasteiger partial charge in [0.25, 0.3) is 5.91 Å². The molecule has 0 bridgehead atoms. The molecule has 0 aromatic heterocycles. The standard InChI is InChI=1S/C25H42N4O4/c1-23(2)15-19(16-24(3,4)17-23)14-20(33-22(31)29-10-12-32-13-11-29)21(30)27-25(18-26)6-8-28(5)9-7-25/h19-20H,6-17H2,1-5H3,(H,27,30). The highest BCUT2D eigenvalue weighted by molar-refractivity contribution is 5.84. The van der Waals surface area contributed by atoms with Gasteiger partial charge in [-0.25, -0.2) is 4.79 Å². The van der Waals surface area contributed by atoms with Crippen LogP contribution in [0.25, 0.3) is 0 Å². The van der Waals surface area contributed by atoms with Crippen molar-refractivity contribution in [2.24, 2.45) is 16.7 Å². The fourth-order valence-electron chi connectivity index (χ4n) is 6.28. The van der Waals surface area contributed by atoms with Gasteiger partial charge in [0, 0.05) is 26.2 Å². The summed E-state index contributed by atoms with van der Waals surface area (Å²) in [5, 5.41) is 12.9. The van der Waals surface area contributed by atoms with Crippen molar-refractivity contribution >= 4 is 12.0 Å². The van der Waals surface area contributed by atoms with E-state index in [4.69, 9.17) is 9.47 Å². The van der Waals surface area contributed by atoms with E-state index in [2.05, 4.69) is 44.0 Å². The second-order valence-corrected chi connectivity index (χ2v) is 12.0. The van der Waals surface area contributed by atoms with E-state index in [9.17, 15) is 14.9 Å². The van der Waals surface area contributed by atoms with Crippen LogP contribution < -0.4 is 5.32 Å². The van der Waals surface area contributed by atoms with Crippen LogP contribution in [-0.4, -0.2) is 79.9 Å². The van der Waals surface area contributed by atoms with Gasteiger partial charge < -0.3 is 24.6 Å². The van der Waals surface area contributed by atoms with Gasteiger partial charge in [-0.05, 0) is 62.3 Å². The van der Waals surface area contributed by atoms with Crippen LogP contribution in [0.3, 0.4) is 0 Å². The Kier molecular flexibility index (Phi) is 7.95. The first-order valence-corrected chi connectivity index (χ1v) is 12.4. The number of likely N-dealkylation sites (tertiary alicyclic amines) is 1. The van der Waals surface area contributed by atoms with E-state index in [1.54, 1.807) is 4.90 Å². The minimum atomic E-state index is -0.904. The molecule has 1 N–H and O–H groups in total. The Bertz CT molecular complexity index is 730. The summed E-state index contributed by atoms with van der Waals surface area (Å²) < 4.78 is 11.2. The van der Waals surface area contributed by atoms with Crippen LogP contribution in [0.1, 0.15) is 66.2 Å². The van der Waals surface area contributed by atoms with Crippen LogP contribution in [-0.2, 0) is 14.3 Å². The van der Waals surface area contributed by atoms with Gasteiger partial charge in [0.1, 0.15) is 5.54 Å². The van der Waals surface area contributed by atoms with Crippen molar-refractivity contribution < 1.29 is 19.1 Å². The number of nitrogens with zero attached hydrogens (tertiary/aromatic N) is 3. The maximum Gasteiger partial charge on any atom is 0.410 e. The summed E-state index contributed by atoms with van der Waals surface area (Å²) in [7, 11) is 2.02. The molecule has 8 heteroatoms. The quantitative estimate of drug-likeness (QED) is 0.674. The van der Waals surface area contributed by atoms with Crippen LogP contribution in [0.4, 0.5) is 4.79 Å². The molecule has 3 rings (SSSR count). The van der Waals surface area contributed by atoms with E-state index in [0.717, 1.165) is 32.4 Å². The summed E-state index contributed by atoms with van der Waals surface area (Å²) in [6.45, 7) is 12.5. The normalized spacial score (nSPS) is 26.1. The van der Waals surface area contributed by atoms with Gasteiger partial charge in [-0.15, -0.1) is 0 Å². The minimum Gasteiger partial charge on any atom is -0.436 e.